The smallest absolute Gasteiger partial charge is 0.303 e. The van der Waals surface area contributed by atoms with Gasteiger partial charge < -0.3 is 10.8 Å². The van der Waals surface area contributed by atoms with Crippen molar-refractivity contribution in [2.75, 3.05) is 6.52 Å². The van der Waals surface area contributed by atoms with Crippen LogP contribution in [0, 0.1) is 0 Å². The Morgan fingerprint density at radius 3 is 2.71 bits per heavy atom. The van der Waals surface area contributed by atoms with Crippen LogP contribution in [0.2, 0.25) is 0 Å². The minimum Gasteiger partial charge on any atom is -0.481 e. The van der Waals surface area contributed by atoms with Crippen molar-refractivity contribution in [1.29, 1.82) is 0 Å². The van der Waals surface area contributed by atoms with Crippen LogP contribution in [-0.4, -0.2) is 17.6 Å². The van der Waals surface area contributed by atoms with Crippen molar-refractivity contribution >= 4 is 5.97 Å². The molecular formula is C4H9NO2. The average Bonchev–Trinajstić information content (AvgIpc) is 1.61. The molecule has 0 saturated carbocycles. The normalized spacial score (nSPS) is 15.3. The third-order valence-corrected chi connectivity index (χ3v) is 0.525. The van der Waals surface area contributed by atoms with Crippen LogP contribution in [0.1, 0.15) is 14.2 Å². The molecule has 0 aliphatic rings. The summed E-state index contributed by atoms with van der Waals surface area (Å²) in [5.74, 6) is -0.896. The molecular weight excluding hydrogens is 94.0 g/mol. The molecule has 0 fully saturated rings. The molecule has 7 heavy (non-hydrogen) atoms. The summed E-state index contributed by atoms with van der Waals surface area (Å²) >= 11 is 0. The lowest BCUT2D eigenvalue weighted by Gasteiger charge is -1.86. The molecule has 0 bridgehead atoms. The first kappa shape index (κ1) is 4.59. The molecule has 1 atom stereocenters. The molecule has 0 aromatic rings. The van der Waals surface area contributed by atoms with Gasteiger partial charge >= 0.3 is 5.97 Å². The van der Waals surface area contributed by atoms with E-state index in [0.717, 1.165) is 0 Å². The maximum absolute atomic E-state index is 9.76. The van der Waals surface area contributed by atoms with Gasteiger partial charge in [-0.1, -0.05) is 0 Å². The van der Waals surface area contributed by atoms with Gasteiger partial charge in [-0.05, 0) is 12.9 Å². The van der Waals surface area contributed by atoms with E-state index in [4.69, 9.17) is 12.2 Å². The summed E-state index contributed by atoms with van der Waals surface area (Å²) in [7, 11) is 0. The van der Waals surface area contributed by atoms with Crippen molar-refractivity contribution < 1.29 is 11.3 Å². The van der Waals surface area contributed by atoms with Crippen LogP contribution in [0.3, 0.4) is 0 Å². The number of rotatable bonds is 3. The molecule has 0 unspecified atom stereocenters. The lowest BCUT2D eigenvalue weighted by Crippen LogP contribution is -2.02. The molecule has 0 aliphatic carbocycles. The molecule has 0 rings (SSSR count). The molecule has 42 valence electrons. The standard InChI is InChI=1S/C4H9NO2/c5-3-1-2-4(6)7/h1-3,5H2,(H,6,7)/i3D/t3-/m1/s1. The topological polar surface area (TPSA) is 63.3 Å². The molecule has 0 heterocycles. The van der Waals surface area contributed by atoms with Crippen LogP contribution < -0.4 is 5.73 Å². The Bertz CT molecular complexity index is 84.1. The second kappa shape index (κ2) is 3.61. The fourth-order valence-electron chi connectivity index (χ4n) is 0.207. The predicted molar refractivity (Wildman–Crippen MR) is 25.9 cm³/mol. The van der Waals surface area contributed by atoms with E-state index in [0.29, 0.717) is 0 Å². The number of hydrogen-bond donors (Lipinski definition) is 2. The minimum absolute atomic E-state index is 0.00926. The van der Waals surface area contributed by atoms with Crippen LogP contribution >= 0.6 is 0 Å². The number of aliphatic carboxylic acids is 1. The maximum atomic E-state index is 9.76. The zero-order valence-electron chi connectivity index (χ0n) is 4.92. The van der Waals surface area contributed by atoms with E-state index in [9.17, 15) is 4.79 Å². The summed E-state index contributed by atoms with van der Waals surface area (Å²) in [6.45, 7) is -0.744. The Labute approximate surface area is 43.5 Å². The third-order valence-electron chi connectivity index (χ3n) is 0.525. The molecule has 0 aliphatic heterocycles. The van der Waals surface area contributed by atoms with Crippen LogP contribution in [0.4, 0.5) is 0 Å². The van der Waals surface area contributed by atoms with Gasteiger partial charge in [-0.15, -0.1) is 0 Å². The first-order valence-electron chi connectivity index (χ1n) is 2.60. The Balaban J connectivity index is 3.05. The van der Waals surface area contributed by atoms with Gasteiger partial charge in [0.2, 0.25) is 0 Å². The van der Waals surface area contributed by atoms with E-state index in [-0.39, 0.29) is 12.8 Å². The lowest BCUT2D eigenvalue weighted by molar-refractivity contribution is -0.137. The van der Waals surface area contributed by atoms with Crippen LogP contribution in [0.15, 0.2) is 0 Å². The van der Waals surface area contributed by atoms with Crippen LogP contribution in [0.5, 0.6) is 0 Å². The number of carboxylic acid groups (broad SMARTS) is 1. The number of carbonyl (C=O) groups is 1. The lowest BCUT2D eigenvalue weighted by atomic mass is 10.3. The van der Waals surface area contributed by atoms with E-state index in [1.165, 1.54) is 0 Å². The van der Waals surface area contributed by atoms with E-state index in [2.05, 4.69) is 0 Å². The zero-order valence-corrected chi connectivity index (χ0v) is 3.92. The van der Waals surface area contributed by atoms with Crippen LogP contribution in [0.25, 0.3) is 0 Å². The van der Waals surface area contributed by atoms with Crippen molar-refractivity contribution in [3.05, 3.63) is 0 Å². The van der Waals surface area contributed by atoms with E-state index in [1.54, 1.807) is 0 Å². The first-order chi connectivity index (χ1) is 3.63. The van der Waals surface area contributed by atoms with Gasteiger partial charge in [0, 0.05) is 7.79 Å². The third kappa shape index (κ3) is 5.43. The summed E-state index contributed by atoms with van der Waals surface area (Å²) in [6, 6.07) is 0. The molecule has 3 heteroatoms. The monoisotopic (exact) mass is 104 g/mol. The Hall–Kier alpha value is -0.570. The highest BCUT2D eigenvalue weighted by molar-refractivity contribution is 5.66. The second-order valence-electron chi connectivity index (χ2n) is 1.17. The summed E-state index contributed by atoms with van der Waals surface area (Å²) < 4.78 is 6.69. The molecule has 0 spiro atoms. The highest BCUT2D eigenvalue weighted by Crippen LogP contribution is 1.82. The largest absolute Gasteiger partial charge is 0.481 e. The van der Waals surface area contributed by atoms with Gasteiger partial charge in [-0.25, -0.2) is 0 Å². The van der Waals surface area contributed by atoms with Gasteiger partial charge in [0.05, 0.1) is 0 Å². The predicted octanol–water partition coefficient (Wildman–Crippen LogP) is -0.190. The first-order valence-corrected chi connectivity index (χ1v) is 2.02. The average molecular weight is 104 g/mol. The van der Waals surface area contributed by atoms with Crippen molar-refractivity contribution in [1.82, 2.24) is 0 Å². The zero-order chi connectivity index (χ0) is 6.57. The van der Waals surface area contributed by atoms with Crippen LogP contribution in [-0.2, 0) is 4.79 Å². The van der Waals surface area contributed by atoms with Crippen molar-refractivity contribution in [2.24, 2.45) is 5.73 Å². The van der Waals surface area contributed by atoms with Gasteiger partial charge in [-0.2, -0.15) is 0 Å². The molecule has 0 aromatic carbocycles. The van der Waals surface area contributed by atoms with Gasteiger partial charge in [-0.3, -0.25) is 4.79 Å². The van der Waals surface area contributed by atoms with E-state index >= 15 is 0 Å². The number of hydrogen-bond acceptors (Lipinski definition) is 2. The number of nitrogens with two attached hydrogens (primary N) is 1. The van der Waals surface area contributed by atoms with Gasteiger partial charge in [0.15, 0.2) is 0 Å². The van der Waals surface area contributed by atoms with Crippen molar-refractivity contribution in [2.45, 2.75) is 12.8 Å². The van der Waals surface area contributed by atoms with Crippen molar-refractivity contribution in [3.8, 4) is 0 Å². The van der Waals surface area contributed by atoms with Gasteiger partial charge in [0.1, 0.15) is 0 Å². The maximum Gasteiger partial charge on any atom is 0.303 e. The molecule has 3 nitrogen and oxygen atoms in total. The fraction of sp³-hybridized carbons (Fsp3) is 0.750. The van der Waals surface area contributed by atoms with Crippen molar-refractivity contribution in [3.63, 3.8) is 0 Å². The minimum atomic E-state index is -0.896. The molecule has 0 amide bonds. The summed E-state index contributed by atoms with van der Waals surface area (Å²) in [4.78, 5) is 9.76. The summed E-state index contributed by atoms with van der Waals surface area (Å²) in [6.07, 6.45) is 0.222. The van der Waals surface area contributed by atoms with Gasteiger partial charge in [0.25, 0.3) is 0 Å². The molecule has 0 radical (unpaired) electrons. The fourth-order valence-corrected chi connectivity index (χ4v) is 0.207. The molecule has 3 N–H and O–H groups in total. The Morgan fingerprint density at radius 1 is 2.00 bits per heavy atom. The van der Waals surface area contributed by atoms with E-state index in [1.807, 2.05) is 0 Å². The highest BCUT2D eigenvalue weighted by atomic mass is 16.4. The quantitative estimate of drug-likeness (QED) is 0.521. The number of carboxylic acids is 1. The highest BCUT2D eigenvalue weighted by Gasteiger charge is 1.91. The SMILES string of the molecule is [2H][C@@H](N)CCC(=O)O. The Morgan fingerprint density at radius 2 is 2.57 bits per heavy atom. The summed E-state index contributed by atoms with van der Waals surface area (Å²) in [5, 5.41) is 8.02. The second-order valence-corrected chi connectivity index (χ2v) is 1.17. The molecule has 0 saturated heterocycles. The summed E-state index contributed by atoms with van der Waals surface area (Å²) in [5.41, 5.74) is 4.94. The Kier molecular flexibility index (Phi) is 2.37. The van der Waals surface area contributed by atoms with E-state index < -0.39 is 12.5 Å². The molecule has 0 aromatic heterocycles.